The normalized spacial score (nSPS) is 11.2. The van der Waals surface area contributed by atoms with Gasteiger partial charge >= 0.3 is 0 Å². The molecule has 0 saturated carbocycles. The first kappa shape index (κ1) is 41.8. The van der Waals surface area contributed by atoms with E-state index < -0.39 is 0 Å². The summed E-state index contributed by atoms with van der Waals surface area (Å²) in [6.07, 6.45) is 0. The van der Waals surface area contributed by atoms with E-state index in [1.54, 1.807) is 0 Å². The second-order valence-corrected chi connectivity index (χ2v) is 17.4. The minimum absolute atomic E-state index is 0.518. The summed E-state index contributed by atoms with van der Waals surface area (Å²) in [4.78, 5) is 20.4. The third kappa shape index (κ3) is 8.23. The van der Waals surface area contributed by atoms with Crippen molar-refractivity contribution in [2.45, 2.75) is 41.5 Å². The van der Waals surface area contributed by atoms with Gasteiger partial charge in [-0.1, -0.05) is 169 Å². The number of anilines is 6. The molecule has 1 heterocycles. The van der Waals surface area contributed by atoms with E-state index in [9.17, 15) is 0 Å². The molecule has 10 rings (SSSR count). The van der Waals surface area contributed by atoms with E-state index in [1.165, 1.54) is 61.4 Å². The smallest absolute Gasteiger partial charge is 0.238 e. The molecular weight excluding hydrogens is 803 g/mol. The van der Waals surface area contributed by atoms with E-state index >= 15 is 0 Å². The number of rotatable bonds is 10. The zero-order valence-corrected chi connectivity index (χ0v) is 38.3. The van der Waals surface area contributed by atoms with E-state index in [1.807, 2.05) is 18.2 Å². The fourth-order valence-electron chi connectivity index (χ4n) is 9.58. The molecule has 1 aromatic heterocycles. The summed E-state index contributed by atoms with van der Waals surface area (Å²) in [5, 5.41) is 2.29. The van der Waals surface area contributed by atoms with Gasteiger partial charge in [0.2, 0.25) is 5.95 Å². The van der Waals surface area contributed by atoms with Crippen LogP contribution in [0.2, 0.25) is 0 Å². The van der Waals surface area contributed by atoms with Crippen LogP contribution in [0.4, 0.5) is 34.4 Å². The van der Waals surface area contributed by atoms with Crippen LogP contribution in [0.5, 0.6) is 0 Å². The van der Waals surface area contributed by atoms with Crippen molar-refractivity contribution < 1.29 is 0 Å². The lowest BCUT2D eigenvalue weighted by atomic mass is 9.94. The molecule has 0 aliphatic heterocycles. The van der Waals surface area contributed by atoms with Gasteiger partial charge in [-0.2, -0.15) is 9.97 Å². The zero-order valence-electron chi connectivity index (χ0n) is 38.3. The predicted octanol–water partition coefficient (Wildman–Crippen LogP) is 16.5. The summed E-state index contributed by atoms with van der Waals surface area (Å²) in [5.41, 5.74) is 19.2. The third-order valence-corrected chi connectivity index (χ3v) is 12.4. The van der Waals surface area contributed by atoms with Crippen molar-refractivity contribution in [1.29, 1.82) is 0 Å². The standard InChI is InChI=1S/C61H51N5/c1-40-35-42(3)57(43(4)36-40)66(58-44(5)37-41(2)38-45(58)6)54-33-31-53(32-34-54)65(52-29-27-48(28-30-52)56-24-16-15-23-55(56)47-18-9-7-10-19-47)61-63-59(49-20-11-8-12-21-49)62-60(64-61)51-26-25-46-17-13-14-22-50(46)39-51/h7-39H,1-6H3. The average molecular weight is 854 g/mol. The lowest BCUT2D eigenvalue weighted by Gasteiger charge is -2.32. The molecule has 0 N–H and O–H groups in total. The maximum atomic E-state index is 5.33. The van der Waals surface area contributed by atoms with Crippen LogP contribution in [0.15, 0.2) is 200 Å². The number of hydrogen-bond donors (Lipinski definition) is 0. The van der Waals surface area contributed by atoms with Crippen molar-refractivity contribution >= 4 is 45.2 Å². The Balaban J connectivity index is 1.16. The number of nitrogens with zero attached hydrogens (tertiary/aromatic N) is 5. The van der Waals surface area contributed by atoms with Crippen LogP contribution in [-0.4, -0.2) is 15.0 Å². The maximum Gasteiger partial charge on any atom is 0.238 e. The molecule has 0 aliphatic rings. The highest BCUT2D eigenvalue weighted by molar-refractivity contribution is 5.89. The van der Waals surface area contributed by atoms with Crippen molar-refractivity contribution in [3.8, 4) is 45.0 Å². The van der Waals surface area contributed by atoms with E-state index in [4.69, 9.17) is 15.0 Å². The van der Waals surface area contributed by atoms with E-state index in [2.05, 4.69) is 233 Å². The fraction of sp³-hybridized carbons (Fsp3) is 0.0984. The van der Waals surface area contributed by atoms with Gasteiger partial charge in [0.1, 0.15) is 0 Å². The highest BCUT2D eigenvalue weighted by atomic mass is 15.3. The lowest BCUT2D eigenvalue weighted by Crippen LogP contribution is -2.17. The van der Waals surface area contributed by atoms with Crippen LogP contribution in [-0.2, 0) is 0 Å². The Kier molecular flexibility index (Phi) is 11.3. The largest absolute Gasteiger partial charge is 0.309 e. The molecule has 0 spiro atoms. The second kappa shape index (κ2) is 17.8. The van der Waals surface area contributed by atoms with Crippen molar-refractivity contribution in [2.24, 2.45) is 0 Å². The van der Waals surface area contributed by atoms with Gasteiger partial charge in [-0.05, 0) is 139 Å². The van der Waals surface area contributed by atoms with Gasteiger partial charge in [-0.15, -0.1) is 0 Å². The first-order valence-corrected chi connectivity index (χ1v) is 22.6. The molecule has 0 radical (unpaired) electrons. The summed E-state index contributed by atoms with van der Waals surface area (Å²) in [5.74, 6) is 1.71. The monoisotopic (exact) mass is 853 g/mol. The SMILES string of the molecule is Cc1cc(C)c(N(c2ccc(N(c3ccc(-c4ccccc4-c4ccccc4)cc3)c3nc(-c4ccccc4)nc(-c4ccc5ccccc5c4)n3)cc2)c2c(C)cc(C)cc2C)c(C)c1. The van der Waals surface area contributed by atoms with E-state index in [0.29, 0.717) is 17.6 Å². The molecule has 9 aromatic carbocycles. The van der Waals surface area contributed by atoms with Crippen LogP contribution in [0, 0.1) is 41.5 Å². The van der Waals surface area contributed by atoms with Gasteiger partial charge in [0.15, 0.2) is 11.6 Å². The average Bonchev–Trinajstić information content (AvgIpc) is 3.34. The van der Waals surface area contributed by atoms with Gasteiger partial charge in [0.25, 0.3) is 0 Å². The minimum Gasteiger partial charge on any atom is -0.309 e. The molecule has 0 unspecified atom stereocenters. The van der Waals surface area contributed by atoms with Crippen molar-refractivity contribution in [3.63, 3.8) is 0 Å². The summed E-state index contributed by atoms with van der Waals surface area (Å²) >= 11 is 0. The second-order valence-electron chi connectivity index (χ2n) is 17.4. The number of aryl methyl sites for hydroxylation is 6. The van der Waals surface area contributed by atoms with Gasteiger partial charge in [-0.25, -0.2) is 4.98 Å². The molecule has 0 aliphatic carbocycles. The van der Waals surface area contributed by atoms with Gasteiger partial charge < -0.3 is 4.90 Å². The molecule has 0 bridgehead atoms. The Morgan fingerprint density at radius 1 is 0.303 bits per heavy atom. The van der Waals surface area contributed by atoms with Crippen LogP contribution >= 0.6 is 0 Å². The number of fused-ring (bicyclic) bond motifs is 1. The number of benzene rings is 9. The number of hydrogen-bond acceptors (Lipinski definition) is 5. The van der Waals surface area contributed by atoms with Crippen LogP contribution in [0.25, 0.3) is 55.8 Å². The summed E-state index contributed by atoms with van der Waals surface area (Å²) in [6.45, 7) is 13.2. The first-order chi connectivity index (χ1) is 32.2. The Labute approximate surface area is 388 Å². The molecule has 5 heteroatoms. The van der Waals surface area contributed by atoms with Gasteiger partial charge in [0, 0.05) is 28.2 Å². The molecular formula is C61H51N5. The quantitative estimate of drug-likeness (QED) is 0.137. The van der Waals surface area contributed by atoms with Crippen LogP contribution in [0.1, 0.15) is 33.4 Å². The van der Waals surface area contributed by atoms with Gasteiger partial charge in [0.05, 0.1) is 11.4 Å². The highest BCUT2D eigenvalue weighted by Gasteiger charge is 2.24. The Morgan fingerprint density at radius 3 is 1.23 bits per heavy atom. The summed E-state index contributed by atoms with van der Waals surface area (Å²) < 4.78 is 0. The topological polar surface area (TPSA) is 45.2 Å². The molecule has 0 atom stereocenters. The Hall–Kier alpha value is -8.15. The highest BCUT2D eigenvalue weighted by Crippen LogP contribution is 2.44. The van der Waals surface area contributed by atoms with E-state index in [-0.39, 0.29) is 0 Å². The van der Waals surface area contributed by atoms with Crippen molar-refractivity contribution in [1.82, 2.24) is 15.0 Å². The molecule has 320 valence electrons. The van der Waals surface area contributed by atoms with E-state index in [0.717, 1.165) is 44.5 Å². The summed E-state index contributed by atoms with van der Waals surface area (Å²) in [7, 11) is 0. The zero-order chi connectivity index (χ0) is 45.3. The first-order valence-electron chi connectivity index (χ1n) is 22.6. The third-order valence-electron chi connectivity index (χ3n) is 12.4. The molecule has 0 saturated heterocycles. The molecule has 66 heavy (non-hydrogen) atoms. The van der Waals surface area contributed by atoms with Crippen LogP contribution in [0.3, 0.4) is 0 Å². The predicted molar refractivity (Wildman–Crippen MR) is 277 cm³/mol. The van der Waals surface area contributed by atoms with Gasteiger partial charge in [-0.3, -0.25) is 4.90 Å². The minimum atomic E-state index is 0.518. The van der Waals surface area contributed by atoms with Crippen molar-refractivity contribution in [2.75, 3.05) is 9.80 Å². The molecule has 5 nitrogen and oxygen atoms in total. The maximum absolute atomic E-state index is 5.33. The fourth-order valence-corrected chi connectivity index (χ4v) is 9.58. The Bertz CT molecular complexity index is 3260. The molecule has 10 aromatic rings. The van der Waals surface area contributed by atoms with Crippen LogP contribution < -0.4 is 9.80 Å². The molecule has 0 fully saturated rings. The molecule has 0 amide bonds. The van der Waals surface area contributed by atoms with Crippen molar-refractivity contribution in [3.05, 3.63) is 234 Å². The summed E-state index contributed by atoms with van der Waals surface area (Å²) in [6, 6.07) is 70.9. The Morgan fingerprint density at radius 2 is 0.697 bits per heavy atom. The number of aromatic nitrogens is 3. The lowest BCUT2D eigenvalue weighted by molar-refractivity contribution is 1.02.